The highest BCUT2D eigenvalue weighted by molar-refractivity contribution is 7.80. The molecule has 0 amide bonds. The minimum atomic E-state index is 0.683. The Kier molecular flexibility index (Phi) is 3.59. The van der Waals surface area contributed by atoms with Gasteiger partial charge in [0.2, 0.25) is 0 Å². The van der Waals surface area contributed by atoms with Crippen molar-refractivity contribution in [3.63, 3.8) is 0 Å². The molecule has 0 spiro atoms. The van der Waals surface area contributed by atoms with E-state index in [-0.39, 0.29) is 0 Å². The number of thiol groups is 1. The average molecular weight is 245 g/mol. The fourth-order valence-electron chi connectivity index (χ4n) is 1.63. The molecule has 3 heteroatoms. The number of nitrogens with two attached hydrogens (primary N) is 1. The molecule has 0 bridgehead atoms. The first kappa shape index (κ1) is 11.9. The quantitative estimate of drug-likeness (QED) is 0.640. The number of hydrogen-bond acceptors (Lipinski definition) is 3. The lowest BCUT2D eigenvalue weighted by Gasteiger charge is -2.07. The van der Waals surface area contributed by atoms with Gasteiger partial charge in [-0.2, -0.15) is 0 Å². The van der Waals surface area contributed by atoms with Gasteiger partial charge in [0.25, 0.3) is 0 Å². The molecule has 2 N–H and O–H groups in total. The molecule has 2 aromatic carbocycles. The smallest absolute Gasteiger partial charge is 0.119 e. The van der Waals surface area contributed by atoms with Gasteiger partial charge in [0, 0.05) is 10.6 Å². The summed E-state index contributed by atoms with van der Waals surface area (Å²) in [6.45, 7) is 2.66. The second-order valence-corrected chi connectivity index (χ2v) is 4.21. The molecule has 0 heterocycles. The van der Waals surface area contributed by atoms with Crippen LogP contribution in [0.15, 0.2) is 47.4 Å². The highest BCUT2D eigenvalue weighted by atomic mass is 32.1. The summed E-state index contributed by atoms with van der Waals surface area (Å²) in [4.78, 5) is 0.802. The van der Waals surface area contributed by atoms with Crippen LogP contribution < -0.4 is 10.5 Å². The fraction of sp³-hybridized carbons (Fsp3) is 0.143. The predicted octanol–water partition coefficient (Wildman–Crippen LogP) is 3.62. The molecule has 0 radical (unpaired) electrons. The summed E-state index contributed by atoms with van der Waals surface area (Å²) in [5, 5.41) is 0. The molecule has 0 aromatic heterocycles. The molecular formula is C14H15NOS. The summed E-state index contributed by atoms with van der Waals surface area (Å²) in [5.41, 5.74) is 8.66. The molecule has 0 aliphatic carbocycles. The Labute approximate surface area is 107 Å². The Morgan fingerprint density at radius 2 is 1.71 bits per heavy atom. The van der Waals surface area contributed by atoms with Gasteiger partial charge in [-0.3, -0.25) is 0 Å². The summed E-state index contributed by atoms with van der Waals surface area (Å²) < 4.78 is 5.40. The number of ether oxygens (including phenoxy) is 1. The Hall–Kier alpha value is -1.61. The highest BCUT2D eigenvalue weighted by Crippen LogP contribution is 2.27. The lowest BCUT2D eigenvalue weighted by atomic mass is 10.1. The average Bonchev–Trinajstić information content (AvgIpc) is 2.34. The Balaban J connectivity index is 2.30. The first-order valence-electron chi connectivity index (χ1n) is 5.52. The SMILES string of the molecule is CCOc1ccc(-c2ccc(N)c(S)c2)cc1. The second-order valence-electron chi connectivity index (χ2n) is 3.73. The van der Waals surface area contributed by atoms with E-state index in [2.05, 4.69) is 12.6 Å². The van der Waals surface area contributed by atoms with Crippen molar-refractivity contribution in [1.29, 1.82) is 0 Å². The van der Waals surface area contributed by atoms with E-state index in [1.54, 1.807) is 0 Å². The van der Waals surface area contributed by atoms with Gasteiger partial charge in [-0.25, -0.2) is 0 Å². The topological polar surface area (TPSA) is 35.2 Å². The Morgan fingerprint density at radius 3 is 2.29 bits per heavy atom. The number of benzene rings is 2. The van der Waals surface area contributed by atoms with Crippen LogP contribution in [0.4, 0.5) is 5.69 Å². The van der Waals surface area contributed by atoms with Crippen molar-refractivity contribution in [3.8, 4) is 16.9 Å². The molecule has 2 aromatic rings. The Morgan fingerprint density at radius 1 is 1.06 bits per heavy atom. The number of hydrogen-bond donors (Lipinski definition) is 2. The third-order valence-electron chi connectivity index (χ3n) is 2.53. The predicted molar refractivity (Wildman–Crippen MR) is 74.7 cm³/mol. The van der Waals surface area contributed by atoms with E-state index in [9.17, 15) is 0 Å². The molecule has 0 saturated carbocycles. The van der Waals surface area contributed by atoms with Crippen molar-refractivity contribution >= 4 is 18.3 Å². The van der Waals surface area contributed by atoms with Crippen molar-refractivity contribution < 1.29 is 4.74 Å². The molecule has 0 saturated heterocycles. The highest BCUT2D eigenvalue weighted by Gasteiger charge is 2.01. The normalized spacial score (nSPS) is 10.2. The molecule has 17 heavy (non-hydrogen) atoms. The third-order valence-corrected chi connectivity index (χ3v) is 2.92. The maximum Gasteiger partial charge on any atom is 0.119 e. The van der Waals surface area contributed by atoms with Crippen LogP contribution in [0.5, 0.6) is 5.75 Å². The largest absolute Gasteiger partial charge is 0.494 e. The van der Waals surface area contributed by atoms with E-state index in [0.717, 1.165) is 21.8 Å². The molecule has 0 fully saturated rings. The van der Waals surface area contributed by atoms with Crippen molar-refractivity contribution in [1.82, 2.24) is 0 Å². The van der Waals surface area contributed by atoms with E-state index in [4.69, 9.17) is 10.5 Å². The lowest BCUT2D eigenvalue weighted by Crippen LogP contribution is -1.91. The van der Waals surface area contributed by atoms with Crippen molar-refractivity contribution in [3.05, 3.63) is 42.5 Å². The number of anilines is 1. The van der Waals surface area contributed by atoms with Crippen LogP contribution in [0, 0.1) is 0 Å². The first-order valence-corrected chi connectivity index (χ1v) is 5.97. The van der Waals surface area contributed by atoms with Gasteiger partial charge >= 0.3 is 0 Å². The minimum absolute atomic E-state index is 0.683. The molecule has 2 rings (SSSR count). The van der Waals surface area contributed by atoms with Crippen LogP contribution >= 0.6 is 12.6 Å². The van der Waals surface area contributed by atoms with Gasteiger partial charge in [0.05, 0.1) is 6.61 Å². The van der Waals surface area contributed by atoms with Crippen LogP contribution in [-0.2, 0) is 0 Å². The van der Waals surface area contributed by atoms with Gasteiger partial charge in [-0.15, -0.1) is 12.6 Å². The summed E-state index contributed by atoms with van der Waals surface area (Å²) in [5.74, 6) is 0.887. The summed E-state index contributed by atoms with van der Waals surface area (Å²) in [6, 6.07) is 13.8. The van der Waals surface area contributed by atoms with E-state index >= 15 is 0 Å². The van der Waals surface area contributed by atoms with Gasteiger partial charge < -0.3 is 10.5 Å². The third kappa shape index (κ3) is 2.74. The van der Waals surface area contributed by atoms with E-state index < -0.39 is 0 Å². The zero-order valence-electron chi connectivity index (χ0n) is 9.68. The van der Waals surface area contributed by atoms with Crippen LogP contribution in [0.1, 0.15) is 6.92 Å². The van der Waals surface area contributed by atoms with Crippen molar-refractivity contribution in [2.24, 2.45) is 0 Å². The van der Waals surface area contributed by atoms with Crippen LogP contribution in [0.3, 0.4) is 0 Å². The van der Waals surface area contributed by atoms with Gasteiger partial charge in [-0.1, -0.05) is 18.2 Å². The molecular weight excluding hydrogens is 230 g/mol. The van der Waals surface area contributed by atoms with Crippen LogP contribution in [0.2, 0.25) is 0 Å². The monoisotopic (exact) mass is 245 g/mol. The van der Waals surface area contributed by atoms with E-state index in [1.165, 1.54) is 0 Å². The van der Waals surface area contributed by atoms with Crippen molar-refractivity contribution in [2.75, 3.05) is 12.3 Å². The fourth-order valence-corrected chi connectivity index (χ4v) is 1.85. The van der Waals surface area contributed by atoms with E-state index in [1.807, 2.05) is 49.4 Å². The van der Waals surface area contributed by atoms with Crippen LogP contribution in [-0.4, -0.2) is 6.61 Å². The summed E-state index contributed by atoms with van der Waals surface area (Å²) in [6.07, 6.45) is 0. The van der Waals surface area contributed by atoms with Gasteiger partial charge in [0.15, 0.2) is 0 Å². The number of rotatable bonds is 3. The molecule has 88 valence electrons. The number of nitrogen functional groups attached to an aromatic ring is 1. The molecule has 0 atom stereocenters. The molecule has 2 nitrogen and oxygen atoms in total. The van der Waals surface area contributed by atoms with Crippen LogP contribution in [0.25, 0.3) is 11.1 Å². The zero-order valence-corrected chi connectivity index (χ0v) is 10.6. The first-order chi connectivity index (χ1) is 8.20. The van der Waals surface area contributed by atoms with Gasteiger partial charge in [0.1, 0.15) is 5.75 Å². The minimum Gasteiger partial charge on any atom is -0.494 e. The zero-order chi connectivity index (χ0) is 12.3. The van der Waals surface area contributed by atoms with Crippen molar-refractivity contribution in [2.45, 2.75) is 11.8 Å². The molecule has 0 aliphatic rings. The lowest BCUT2D eigenvalue weighted by molar-refractivity contribution is 0.340. The maximum atomic E-state index is 5.73. The standard InChI is InChI=1S/C14H15NOS/c1-2-16-12-6-3-10(4-7-12)11-5-8-13(15)14(17)9-11/h3-9,17H,2,15H2,1H3. The summed E-state index contributed by atoms with van der Waals surface area (Å²) in [7, 11) is 0. The van der Waals surface area contributed by atoms with E-state index in [0.29, 0.717) is 12.3 Å². The molecule has 0 aliphatic heterocycles. The maximum absolute atomic E-state index is 5.73. The van der Waals surface area contributed by atoms with Gasteiger partial charge in [-0.05, 0) is 42.3 Å². The second kappa shape index (κ2) is 5.15. The molecule has 0 unspecified atom stereocenters. The summed E-state index contributed by atoms with van der Waals surface area (Å²) >= 11 is 4.32. The Bertz CT molecular complexity index is 508.